The molecule has 0 unspecified atom stereocenters. The normalized spacial score (nSPS) is 10.3. The molecule has 0 aliphatic heterocycles. The lowest BCUT2D eigenvalue weighted by molar-refractivity contribution is 0.103. The van der Waals surface area contributed by atoms with Crippen LogP contribution in [0.1, 0.15) is 15.9 Å². The second-order valence-electron chi connectivity index (χ2n) is 4.22. The highest BCUT2D eigenvalue weighted by Gasteiger charge is 2.21. The molecular formula is C15H13BrClNO3. The van der Waals surface area contributed by atoms with Crippen LogP contribution in [0.4, 0.5) is 5.69 Å². The highest BCUT2D eigenvalue weighted by Crippen LogP contribution is 2.35. The number of hydrogen-bond donors (Lipinski definition) is 1. The maximum Gasteiger partial charge on any atom is 0.200 e. The molecule has 0 aliphatic carbocycles. The first kappa shape index (κ1) is 15.7. The van der Waals surface area contributed by atoms with Crippen LogP contribution in [-0.4, -0.2) is 20.0 Å². The molecule has 0 radical (unpaired) electrons. The summed E-state index contributed by atoms with van der Waals surface area (Å²) in [5.41, 5.74) is 6.76. The van der Waals surface area contributed by atoms with Gasteiger partial charge in [-0.15, -0.1) is 0 Å². The summed E-state index contributed by atoms with van der Waals surface area (Å²) in [7, 11) is 3.01. The predicted molar refractivity (Wildman–Crippen MR) is 86.5 cm³/mol. The number of rotatable bonds is 4. The van der Waals surface area contributed by atoms with E-state index in [0.717, 1.165) is 0 Å². The minimum Gasteiger partial charge on any atom is -0.496 e. The molecule has 2 rings (SSSR count). The number of carbonyl (C=O) groups excluding carboxylic acids is 1. The van der Waals surface area contributed by atoms with E-state index in [1.54, 1.807) is 30.3 Å². The topological polar surface area (TPSA) is 61.5 Å². The van der Waals surface area contributed by atoms with E-state index in [4.69, 9.17) is 26.8 Å². The second kappa shape index (κ2) is 6.37. The van der Waals surface area contributed by atoms with Crippen LogP contribution in [0.25, 0.3) is 0 Å². The Morgan fingerprint density at radius 2 is 1.86 bits per heavy atom. The Morgan fingerprint density at radius 1 is 1.19 bits per heavy atom. The summed E-state index contributed by atoms with van der Waals surface area (Å²) >= 11 is 9.44. The molecule has 21 heavy (non-hydrogen) atoms. The molecule has 6 heteroatoms. The van der Waals surface area contributed by atoms with Gasteiger partial charge in [-0.25, -0.2) is 0 Å². The molecule has 0 amide bonds. The highest BCUT2D eigenvalue weighted by molar-refractivity contribution is 9.10. The first-order valence-corrected chi connectivity index (χ1v) is 7.17. The number of nitrogen functional groups attached to an aromatic ring is 1. The molecule has 0 aliphatic rings. The van der Waals surface area contributed by atoms with Crippen LogP contribution in [0.5, 0.6) is 11.5 Å². The van der Waals surface area contributed by atoms with E-state index in [2.05, 4.69) is 15.9 Å². The third-order valence-electron chi connectivity index (χ3n) is 2.99. The SMILES string of the molecule is COc1cc(C(=O)c2c(N)cccc2Cl)c(OC)cc1Br. The number of hydrogen-bond acceptors (Lipinski definition) is 4. The Bertz CT molecular complexity index is 683. The van der Waals surface area contributed by atoms with Crippen molar-refractivity contribution in [1.29, 1.82) is 0 Å². The third-order valence-corrected chi connectivity index (χ3v) is 3.93. The summed E-state index contributed by atoms with van der Waals surface area (Å²) in [6.07, 6.45) is 0. The van der Waals surface area contributed by atoms with Crippen molar-refractivity contribution in [2.45, 2.75) is 0 Å². The summed E-state index contributed by atoms with van der Waals surface area (Å²) in [6.45, 7) is 0. The van der Waals surface area contributed by atoms with E-state index in [1.165, 1.54) is 14.2 Å². The molecule has 0 aromatic heterocycles. The summed E-state index contributed by atoms with van der Waals surface area (Å²) in [4.78, 5) is 12.7. The van der Waals surface area contributed by atoms with Crippen LogP contribution in [0.15, 0.2) is 34.8 Å². The molecule has 0 spiro atoms. The molecule has 0 saturated carbocycles. The van der Waals surface area contributed by atoms with Gasteiger partial charge in [-0.3, -0.25) is 4.79 Å². The quantitative estimate of drug-likeness (QED) is 0.654. The minimum atomic E-state index is -0.319. The number of anilines is 1. The number of benzene rings is 2. The zero-order chi connectivity index (χ0) is 15.6. The van der Waals surface area contributed by atoms with Gasteiger partial charge in [-0.2, -0.15) is 0 Å². The first-order valence-electron chi connectivity index (χ1n) is 5.99. The van der Waals surface area contributed by atoms with Crippen LogP contribution in [-0.2, 0) is 0 Å². The maximum atomic E-state index is 12.7. The molecule has 4 nitrogen and oxygen atoms in total. The van der Waals surface area contributed by atoms with Gasteiger partial charge < -0.3 is 15.2 Å². The standard InChI is InChI=1S/C15H13BrClNO3/c1-20-12-7-9(16)13(21-2)6-8(12)15(19)14-10(17)4-3-5-11(14)18/h3-7H,18H2,1-2H3. The Labute approximate surface area is 135 Å². The van der Waals surface area contributed by atoms with Crippen molar-refractivity contribution >= 4 is 39.0 Å². The van der Waals surface area contributed by atoms with Gasteiger partial charge in [0.1, 0.15) is 11.5 Å². The highest BCUT2D eigenvalue weighted by atomic mass is 79.9. The van der Waals surface area contributed by atoms with Crippen LogP contribution in [0.3, 0.4) is 0 Å². The number of nitrogens with two attached hydrogens (primary N) is 1. The average molecular weight is 371 g/mol. The molecule has 0 heterocycles. The molecule has 110 valence electrons. The molecule has 0 fully saturated rings. The number of halogens is 2. The Morgan fingerprint density at radius 3 is 2.43 bits per heavy atom. The van der Waals surface area contributed by atoms with Crippen molar-refractivity contribution in [1.82, 2.24) is 0 Å². The fourth-order valence-corrected chi connectivity index (χ4v) is 2.70. The second-order valence-corrected chi connectivity index (χ2v) is 5.48. The van der Waals surface area contributed by atoms with Gasteiger partial charge in [-0.1, -0.05) is 17.7 Å². The van der Waals surface area contributed by atoms with Crippen molar-refractivity contribution in [3.63, 3.8) is 0 Å². The van der Waals surface area contributed by atoms with Gasteiger partial charge >= 0.3 is 0 Å². The van der Waals surface area contributed by atoms with Crippen molar-refractivity contribution < 1.29 is 14.3 Å². The summed E-state index contributed by atoms with van der Waals surface area (Å²) in [6, 6.07) is 8.19. The van der Waals surface area contributed by atoms with Crippen LogP contribution in [0.2, 0.25) is 5.02 Å². The first-order chi connectivity index (χ1) is 9.99. The van der Waals surface area contributed by atoms with Crippen molar-refractivity contribution in [3.05, 3.63) is 51.0 Å². The minimum absolute atomic E-state index is 0.252. The smallest absolute Gasteiger partial charge is 0.200 e. The van der Waals surface area contributed by atoms with Crippen LogP contribution in [0, 0.1) is 0 Å². The molecule has 2 aromatic carbocycles. The number of ether oxygens (including phenoxy) is 2. The van der Waals surface area contributed by atoms with Gasteiger partial charge in [-0.05, 0) is 40.2 Å². The zero-order valence-corrected chi connectivity index (χ0v) is 13.8. The van der Waals surface area contributed by atoms with E-state index in [1.807, 2.05) is 0 Å². The van der Waals surface area contributed by atoms with Crippen LogP contribution < -0.4 is 15.2 Å². The van der Waals surface area contributed by atoms with Gasteiger partial charge in [0.05, 0.1) is 34.8 Å². The number of carbonyl (C=O) groups is 1. The van der Waals surface area contributed by atoms with E-state index >= 15 is 0 Å². The van der Waals surface area contributed by atoms with E-state index < -0.39 is 0 Å². The van der Waals surface area contributed by atoms with Gasteiger partial charge in [0.25, 0.3) is 0 Å². The third kappa shape index (κ3) is 2.99. The number of ketones is 1. The van der Waals surface area contributed by atoms with Crippen molar-refractivity contribution in [2.24, 2.45) is 0 Å². The lowest BCUT2D eigenvalue weighted by Gasteiger charge is -2.13. The molecule has 0 saturated heterocycles. The molecule has 2 N–H and O–H groups in total. The van der Waals surface area contributed by atoms with E-state index in [0.29, 0.717) is 32.2 Å². The summed E-state index contributed by atoms with van der Waals surface area (Å²) in [5, 5.41) is 0.295. The fourth-order valence-electron chi connectivity index (χ4n) is 1.95. The molecule has 0 bridgehead atoms. The largest absolute Gasteiger partial charge is 0.496 e. The summed E-state index contributed by atoms with van der Waals surface area (Å²) in [5.74, 6) is 0.609. The Hall–Kier alpha value is -1.72. The predicted octanol–water partition coefficient (Wildman–Crippen LogP) is 3.93. The molecule has 0 atom stereocenters. The van der Waals surface area contributed by atoms with Gasteiger partial charge in [0.15, 0.2) is 5.78 Å². The Balaban J connectivity index is 2.63. The van der Waals surface area contributed by atoms with Crippen molar-refractivity contribution in [3.8, 4) is 11.5 Å². The van der Waals surface area contributed by atoms with Crippen LogP contribution >= 0.6 is 27.5 Å². The van der Waals surface area contributed by atoms with E-state index in [-0.39, 0.29) is 11.3 Å². The number of methoxy groups -OCH3 is 2. The zero-order valence-electron chi connectivity index (χ0n) is 11.4. The van der Waals surface area contributed by atoms with Crippen molar-refractivity contribution in [2.75, 3.05) is 20.0 Å². The average Bonchev–Trinajstić information content (AvgIpc) is 2.46. The van der Waals surface area contributed by atoms with E-state index in [9.17, 15) is 4.79 Å². The lowest BCUT2D eigenvalue weighted by Crippen LogP contribution is -2.08. The summed E-state index contributed by atoms with van der Waals surface area (Å²) < 4.78 is 11.2. The fraction of sp³-hybridized carbons (Fsp3) is 0.133. The van der Waals surface area contributed by atoms with Gasteiger partial charge in [0.2, 0.25) is 0 Å². The lowest BCUT2D eigenvalue weighted by atomic mass is 10.0. The monoisotopic (exact) mass is 369 g/mol. The maximum absolute atomic E-state index is 12.7. The van der Waals surface area contributed by atoms with Gasteiger partial charge in [0, 0.05) is 5.69 Å². The molecular weight excluding hydrogens is 358 g/mol. The molecule has 2 aromatic rings. The Kier molecular flexibility index (Phi) is 4.75.